The number of anilines is 2. The molecular formula is C24H21ClF3N3O2. The van der Waals surface area contributed by atoms with Gasteiger partial charge < -0.3 is 15.0 Å². The van der Waals surface area contributed by atoms with Crippen molar-refractivity contribution in [2.45, 2.75) is 13.1 Å². The highest BCUT2D eigenvalue weighted by molar-refractivity contribution is 6.34. The van der Waals surface area contributed by atoms with Crippen LogP contribution >= 0.6 is 11.6 Å². The molecule has 2 aromatic rings. The van der Waals surface area contributed by atoms with Crippen molar-refractivity contribution in [2.75, 3.05) is 36.5 Å². The van der Waals surface area contributed by atoms with E-state index in [0.29, 0.717) is 43.8 Å². The first-order chi connectivity index (χ1) is 15.7. The van der Waals surface area contributed by atoms with Crippen LogP contribution in [0.25, 0.3) is 11.3 Å². The van der Waals surface area contributed by atoms with Gasteiger partial charge in [0.2, 0.25) is 0 Å². The maximum absolute atomic E-state index is 12.9. The van der Waals surface area contributed by atoms with Gasteiger partial charge >= 0.3 is 6.18 Å². The third kappa shape index (κ3) is 6.15. The Morgan fingerprint density at radius 1 is 1.27 bits per heavy atom. The maximum atomic E-state index is 12.9. The van der Waals surface area contributed by atoms with E-state index in [9.17, 15) is 18.0 Å². The van der Waals surface area contributed by atoms with Crippen LogP contribution < -0.4 is 10.2 Å². The van der Waals surface area contributed by atoms with Gasteiger partial charge in [0.05, 0.1) is 41.5 Å². The van der Waals surface area contributed by atoms with Crippen LogP contribution in [0, 0.1) is 12.3 Å². The summed E-state index contributed by atoms with van der Waals surface area (Å²) in [5, 5.41) is 2.19. The highest BCUT2D eigenvalue weighted by Gasteiger charge is 2.30. The van der Waals surface area contributed by atoms with Gasteiger partial charge in [0.1, 0.15) is 5.57 Å². The number of alkyl halides is 3. The van der Waals surface area contributed by atoms with Crippen LogP contribution in [-0.2, 0) is 9.53 Å². The van der Waals surface area contributed by atoms with Crippen molar-refractivity contribution in [1.29, 1.82) is 0 Å². The topological polar surface area (TPSA) is 54.5 Å². The minimum absolute atomic E-state index is 0.351. The number of rotatable bonds is 5. The average Bonchev–Trinajstić information content (AvgIpc) is 2.80. The van der Waals surface area contributed by atoms with E-state index in [-0.39, 0.29) is 0 Å². The molecule has 1 amide bonds. The van der Waals surface area contributed by atoms with Crippen molar-refractivity contribution < 1.29 is 22.7 Å². The molecule has 5 nitrogen and oxygen atoms in total. The van der Waals surface area contributed by atoms with Gasteiger partial charge in [-0.15, -0.1) is 6.42 Å². The number of carbonyl (C=O) groups is 1. The number of nitrogens with zero attached hydrogens (tertiary/aromatic N) is 2. The van der Waals surface area contributed by atoms with Crippen LogP contribution in [0.5, 0.6) is 0 Å². The van der Waals surface area contributed by atoms with Crippen molar-refractivity contribution in [3.8, 4) is 23.6 Å². The van der Waals surface area contributed by atoms with E-state index in [1.54, 1.807) is 12.3 Å². The molecule has 1 aliphatic rings. The Kier molecular flexibility index (Phi) is 7.79. The molecule has 0 radical (unpaired) electrons. The number of ether oxygens (including phenoxy) is 1. The Labute approximate surface area is 194 Å². The zero-order valence-corrected chi connectivity index (χ0v) is 18.5. The van der Waals surface area contributed by atoms with Crippen molar-refractivity contribution >= 4 is 28.9 Å². The molecule has 33 heavy (non-hydrogen) atoms. The zero-order chi connectivity index (χ0) is 24.0. The van der Waals surface area contributed by atoms with Gasteiger partial charge in [-0.2, -0.15) is 13.2 Å². The number of aromatic nitrogens is 1. The SMILES string of the molecule is C#CC(C(=O)Nc1cc(N2CCOCC2)cnc1-c1ccccc1)=C(Cl)C=C(C)C(F)(F)F. The van der Waals surface area contributed by atoms with E-state index in [4.69, 9.17) is 22.8 Å². The van der Waals surface area contributed by atoms with E-state index in [2.05, 4.69) is 21.1 Å². The van der Waals surface area contributed by atoms with Gasteiger partial charge in [-0.25, -0.2) is 0 Å². The fourth-order valence-corrected chi connectivity index (χ4v) is 3.45. The van der Waals surface area contributed by atoms with E-state index in [1.807, 2.05) is 30.3 Å². The van der Waals surface area contributed by atoms with Crippen LogP contribution in [0.1, 0.15) is 6.92 Å². The van der Waals surface area contributed by atoms with Gasteiger partial charge in [0.25, 0.3) is 5.91 Å². The molecule has 9 heteroatoms. The fourth-order valence-electron chi connectivity index (χ4n) is 3.14. The van der Waals surface area contributed by atoms with Gasteiger partial charge in [0.15, 0.2) is 0 Å². The number of terminal acetylenes is 1. The summed E-state index contributed by atoms with van der Waals surface area (Å²) in [5.41, 5.74) is 0.939. The Balaban J connectivity index is 1.99. The van der Waals surface area contributed by atoms with Crippen LogP contribution in [0.15, 0.2) is 64.8 Å². The number of benzene rings is 1. The third-order valence-electron chi connectivity index (χ3n) is 4.95. The quantitative estimate of drug-likeness (QED) is 0.369. The number of carbonyl (C=O) groups excluding carboxylic acids is 1. The Bertz CT molecular complexity index is 1120. The van der Waals surface area contributed by atoms with Crippen molar-refractivity contribution in [3.05, 3.63) is 64.8 Å². The minimum atomic E-state index is -4.59. The first-order valence-corrected chi connectivity index (χ1v) is 10.4. The molecule has 1 saturated heterocycles. The molecule has 0 bridgehead atoms. The van der Waals surface area contributed by atoms with Crippen molar-refractivity contribution in [3.63, 3.8) is 0 Å². The molecule has 1 aromatic carbocycles. The number of nitrogens with one attached hydrogen (secondary N) is 1. The lowest BCUT2D eigenvalue weighted by Gasteiger charge is -2.29. The number of halogens is 4. The molecular weight excluding hydrogens is 455 g/mol. The number of hydrogen-bond acceptors (Lipinski definition) is 4. The molecule has 1 N–H and O–H groups in total. The fraction of sp³-hybridized carbons (Fsp3) is 0.250. The Morgan fingerprint density at radius 2 is 1.94 bits per heavy atom. The number of morpholine rings is 1. The normalized spacial score (nSPS) is 15.5. The first-order valence-electron chi connectivity index (χ1n) is 10.0. The summed E-state index contributed by atoms with van der Waals surface area (Å²) in [7, 11) is 0. The molecule has 1 aromatic heterocycles. The molecule has 172 valence electrons. The number of amides is 1. The lowest BCUT2D eigenvalue weighted by Crippen LogP contribution is -2.36. The second-order valence-corrected chi connectivity index (χ2v) is 7.61. The molecule has 0 aliphatic carbocycles. The molecule has 3 rings (SSSR count). The van der Waals surface area contributed by atoms with E-state index in [0.717, 1.165) is 18.2 Å². The summed E-state index contributed by atoms with van der Waals surface area (Å²) in [5.74, 6) is 1.28. The lowest BCUT2D eigenvalue weighted by molar-refractivity contribution is -0.112. The molecule has 0 saturated carbocycles. The van der Waals surface area contributed by atoms with Crippen molar-refractivity contribution in [2.24, 2.45) is 0 Å². The molecule has 0 spiro atoms. The molecule has 0 unspecified atom stereocenters. The molecule has 2 heterocycles. The Hall–Kier alpha value is -3.28. The second kappa shape index (κ2) is 10.6. The van der Waals surface area contributed by atoms with E-state index in [1.165, 1.54) is 0 Å². The van der Waals surface area contributed by atoms with Gasteiger partial charge in [-0.1, -0.05) is 47.9 Å². The predicted octanol–water partition coefficient (Wildman–Crippen LogP) is 5.16. The monoisotopic (exact) mass is 475 g/mol. The molecule has 0 atom stereocenters. The van der Waals surface area contributed by atoms with Crippen LogP contribution in [0.3, 0.4) is 0 Å². The summed E-state index contributed by atoms with van der Waals surface area (Å²) in [6.45, 7) is 3.28. The summed E-state index contributed by atoms with van der Waals surface area (Å²) in [4.78, 5) is 19.5. The van der Waals surface area contributed by atoms with E-state index < -0.39 is 28.3 Å². The number of allylic oxidation sites excluding steroid dienone is 3. The minimum Gasteiger partial charge on any atom is -0.378 e. The van der Waals surface area contributed by atoms with Crippen LogP contribution in [-0.4, -0.2) is 43.4 Å². The van der Waals surface area contributed by atoms with Crippen molar-refractivity contribution in [1.82, 2.24) is 4.98 Å². The van der Waals surface area contributed by atoms with Crippen LogP contribution in [0.4, 0.5) is 24.5 Å². The zero-order valence-electron chi connectivity index (χ0n) is 17.7. The molecule has 1 aliphatic heterocycles. The summed E-state index contributed by atoms with van der Waals surface area (Å²) in [6, 6.07) is 10.9. The summed E-state index contributed by atoms with van der Waals surface area (Å²) < 4.78 is 44.0. The average molecular weight is 476 g/mol. The number of pyridine rings is 1. The van der Waals surface area contributed by atoms with Gasteiger partial charge in [-0.05, 0) is 19.1 Å². The predicted molar refractivity (Wildman–Crippen MR) is 123 cm³/mol. The van der Waals surface area contributed by atoms with Gasteiger partial charge in [-0.3, -0.25) is 9.78 Å². The smallest absolute Gasteiger partial charge is 0.378 e. The first kappa shape index (κ1) is 24.4. The van der Waals surface area contributed by atoms with Crippen LogP contribution in [0.2, 0.25) is 0 Å². The largest absolute Gasteiger partial charge is 0.412 e. The maximum Gasteiger partial charge on any atom is 0.412 e. The summed E-state index contributed by atoms with van der Waals surface area (Å²) in [6.07, 6.45) is 3.15. The second-order valence-electron chi connectivity index (χ2n) is 7.20. The van der Waals surface area contributed by atoms with Gasteiger partial charge in [0, 0.05) is 24.2 Å². The third-order valence-corrected chi connectivity index (χ3v) is 5.24. The standard InChI is InChI=1S/C24H21ClF3N3O2/c1-3-19(20(25)13-16(2)24(26,27)28)23(32)30-21-14-18(31-9-11-33-12-10-31)15-29-22(21)17-7-5-4-6-8-17/h1,4-8,13-15H,9-12H2,2H3,(H,30,32). The highest BCUT2D eigenvalue weighted by atomic mass is 35.5. The molecule has 1 fully saturated rings. The number of hydrogen-bond donors (Lipinski definition) is 1. The Morgan fingerprint density at radius 3 is 2.55 bits per heavy atom. The van der Waals surface area contributed by atoms with E-state index >= 15 is 0 Å². The highest BCUT2D eigenvalue weighted by Crippen LogP contribution is 2.31. The summed E-state index contributed by atoms with van der Waals surface area (Å²) >= 11 is 5.98. The lowest BCUT2D eigenvalue weighted by atomic mass is 10.1.